The number of nitrogen functional groups attached to an aromatic ring is 1. The first-order valence-corrected chi connectivity index (χ1v) is 9.78. The van der Waals surface area contributed by atoms with Crippen molar-refractivity contribution >= 4 is 27.4 Å². The molecule has 7 heteroatoms. The van der Waals surface area contributed by atoms with E-state index in [1.54, 1.807) is 23.5 Å². The van der Waals surface area contributed by atoms with E-state index in [9.17, 15) is 0 Å². The van der Waals surface area contributed by atoms with Crippen LogP contribution in [0.5, 0.6) is 0 Å². The third kappa shape index (κ3) is 3.78. The highest BCUT2D eigenvalue weighted by Crippen LogP contribution is 2.31. The number of anilines is 1. The average Bonchev–Trinajstić information content (AvgIpc) is 3.04. The number of rotatable bonds is 3. The van der Waals surface area contributed by atoms with Crippen molar-refractivity contribution in [1.82, 2.24) is 14.9 Å². The Kier molecular flexibility index (Phi) is 4.79. The summed E-state index contributed by atoms with van der Waals surface area (Å²) in [6, 6.07) is 11.5. The number of nitrogens with two attached hydrogens (primary N) is 1. The molecule has 2 aromatic heterocycles. The normalized spacial score (nSPS) is 20.6. The van der Waals surface area contributed by atoms with E-state index in [1.165, 1.54) is 4.88 Å². The van der Waals surface area contributed by atoms with Crippen LogP contribution in [0.25, 0.3) is 21.6 Å². The Morgan fingerprint density at radius 2 is 2.04 bits per heavy atom. The third-order valence-corrected chi connectivity index (χ3v) is 5.61. The van der Waals surface area contributed by atoms with Crippen molar-refractivity contribution in [1.29, 1.82) is 5.26 Å². The summed E-state index contributed by atoms with van der Waals surface area (Å²) in [4.78, 5) is 13.7. The van der Waals surface area contributed by atoms with Crippen molar-refractivity contribution in [3.8, 4) is 17.5 Å². The van der Waals surface area contributed by atoms with Crippen LogP contribution in [0.3, 0.4) is 0 Å². The fraction of sp³-hybridized carbons (Fsp3) is 0.350. The summed E-state index contributed by atoms with van der Waals surface area (Å²) in [5.41, 5.74) is 7.59. The maximum Gasteiger partial charge on any atom is 0.163 e. The van der Waals surface area contributed by atoms with Crippen LogP contribution in [0.2, 0.25) is 0 Å². The van der Waals surface area contributed by atoms with E-state index in [4.69, 9.17) is 20.7 Å². The molecule has 3 heterocycles. The maximum atomic E-state index is 9.10. The molecule has 4 rings (SSSR count). The number of nitriles is 1. The van der Waals surface area contributed by atoms with Gasteiger partial charge < -0.3 is 10.5 Å². The number of thiophene rings is 1. The molecular weight excluding hydrogens is 358 g/mol. The first-order valence-electron chi connectivity index (χ1n) is 8.96. The number of hydrogen-bond acceptors (Lipinski definition) is 7. The van der Waals surface area contributed by atoms with Gasteiger partial charge in [-0.1, -0.05) is 12.1 Å². The molecule has 27 heavy (non-hydrogen) atoms. The molecule has 3 aromatic rings. The van der Waals surface area contributed by atoms with Crippen LogP contribution in [0.1, 0.15) is 24.3 Å². The number of nitrogens with zero attached hydrogens (tertiary/aromatic N) is 4. The van der Waals surface area contributed by atoms with Crippen LogP contribution < -0.4 is 5.73 Å². The Morgan fingerprint density at radius 1 is 1.26 bits per heavy atom. The minimum Gasteiger partial charge on any atom is -0.383 e. The fourth-order valence-corrected chi connectivity index (χ4v) is 4.64. The zero-order valence-corrected chi connectivity index (χ0v) is 16.2. The highest BCUT2D eigenvalue weighted by atomic mass is 32.1. The zero-order chi connectivity index (χ0) is 19.0. The van der Waals surface area contributed by atoms with E-state index in [-0.39, 0.29) is 12.2 Å². The molecule has 138 valence electrons. The van der Waals surface area contributed by atoms with Gasteiger partial charge in [0, 0.05) is 30.1 Å². The highest BCUT2D eigenvalue weighted by molar-refractivity contribution is 7.18. The second kappa shape index (κ2) is 7.24. The van der Waals surface area contributed by atoms with Crippen molar-refractivity contribution in [3.63, 3.8) is 0 Å². The summed E-state index contributed by atoms with van der Waals surface area (Å²) in [6.07, 6.45) is 0.485. The van der Waals surface area contributed by atoms with E-state index in [1.807, 2.05) is 12.1 Å². The van der Waals surface area contributed by atoms with Gasteiger partial charge in [-0.05, 0) is 32.0 Å². The number of morpholine rings is 1. The van der Waals surface area contributed by atoms with Crippen molar-refractivity contribution in [3.05, 3.63) is 40.8 Å². The standard InChI is InChI=1S/C20H21N5OS/c1-12-9-25(10-13(2)26-12)11-16-7-17-18(22)23-19(24-20(17)27-16)15-5-3-4-14(6-15)8-21/h3-7,12-13H,9-11H2,1-2H3,(H2,22,23,24). The average molecular weight is 379 g/mol. The van der Waals surface area contributed by atoms with Gasteiger partial charge in [-0.15, -0.1) is 11.3 Å². The molecule has 1 saturated heterocycles. The van der Waals surface area contributed by atoms with E-state index in [0.29, 0.717) is 17.2 Å². The number of benzene rings is 1. The molecule has 1 fully saturated rings. The summed E-state index contributed by atoms with van der Waals surface area (Å²) < 4.78 is 5.81. The molecule has 0 spiro atoms. The van der Waals surface area contributed by atoms with Crippen LogP contribution >= 0.6 is 11.3 Å². The summed E-state index contributed by atoms with van der Waals surface area (Å²) in [7, 11) is 0. The van der Waals surface area contributed by atoms with Crippen LogP contribution in [-0.4, -0.2) is 40.2 Å². The smallest absolute Gasteiger partial charge is 0.163 e. The van der Waals surface area contributed by atoms with Gasteiger partial charge in [-0.2, -0.15) is 5.26 Å². The molecule has 1 aromatic carbocycles. The van der Waals surface area contributed by atoms with E-state index in [0.717, 1.165) is 35.4 Å². The molecule has 0 bridgehead atoms. The van der Waals surface area contributed by atoms with Crippen molar-refractivity contribution in [2.45, 2.75) is 32.6 Å². The Bertz CT molecular complexity index is 1010. The van der Waals surface area contributed by atoms with Gasteiger partial charge in [0.15, 0.2) is 5.82 Å². The second-order valence-corrected chi connectivity index (χ2v) is 8.12. The Morgan fingerprint density at radius 3 is 2.78 bits per heavy atom. The zero-order valence-electron chi connectivity index (χ0n) is 15.3. The molecule has 0 amide bonds. The summed E-state index contributed by atoms with van der Waals surface area (Å²) in [5, 5.41) is 10.00. The lowest BCUT2D eigenvalue weighted by Gasteiger charge is -2.34. The molecule has 1 aliphatic heterocycles. The summed E-state index contributed by atoms with van der Waals surface area (Å²) in [6.45, 7) is 6.92. The molecule has 0 radical (unpaired) electrons. The minimum atomic E-state index is 0.243. The third-order valence-electron chi connectivity index (χ3n) is 4.60. The van der Waals surface area contributed by atoms with Gasteiger partial charge in [-0.25, -0.2) is 9.97 Å². The molecular formula is C20H21N5OS. The SMILES string of the molecule is CC1CN(Cc2cc3c(N)nc(-c4cccc(C#N)c4)nc3s2)CC(C)O1. The lowest BCUT2D eigenvalue weighted by molar-refractivity contribution is -0.0702. The predicted molar refractivity (Wildman–Crippen MR) is 107 cm³/mol. The topological polar surface area (TPSA) is 88.1 Å². The van der Waals surface area contributed by atoms with Crippen LogP contribution in [0.15, 0.2) is 30.3 Å². The van der Waals surface area contributed by atoms with Gasteiger partial charge in [0.2, 0.25) is 0 Å². The molecule has 0 saturated carbocycles. The van der Waals surface area contributed by atoms with Gasteiger partial charge in [-0.3, -0.25) is 4.90 Å². The number of fused-ring (bicyclic) bond motifs is 1. The molecule has 2 atom stereocenters. The fourth-order valence-electron chi connectivity index (χ4n) is 3.56. The van der Waals surface area contributed by atoms with Crippen molar-refractivity contribution < 1.29 is 4.74 Å². The summed E-state index contributed by atoms with van der Waals surface area (Å²) in [5.74, 6) is 1.03. The lowest BCUT2D eigenvalue weighted by atomic mass is 10.1. The van der Waals surface area contributed by atoms with Crippen LogP contribution in [0, 0.1) is 11.3 Å². The van der Waals surface area contributed by atoms with Crippen molar-refractivity contribution in [2.75, 3.05) is 18.8 Å². The van der Waals surface area contributed by atoms with Gasteiger partial charge in [0.25, 0.3) is 0 Å². The maximum absolute atomic E-state index is 9.10. The van der Waals surface area contributed by atoms with Crippen molar-refractivity contribution in [2.24, 2.45) is 0 Å². The largest absolute Gasteiger partial charge is 0.383 e. The Balaban J connectivity index is 1.64. The molecule has 2 N–H and O–H groups in total. The molecule has 1 aliphatic rings. The van der Waals surface area contributed by atoms with E-state index in [2.05, 4.69) is 35.9 Å². The minimum absolute atomic E-state index is 0.243. The predicted octanol–water partition coefficient (Wildman–Crippen LogP) is 3.42. The number of aromatic nitrogens is 2. The second-order valence-electron chi connectivity index (χ2n) is 7.01. The molecule has 6 nitrogen and oxygen atoms in total. The first-order chi connectivity index (χ1) is 13.0. The molecule has 0 aliphatic carbocycles. The lowest BCUT2D eigenvalue weighted by Crippen LogP contribution is -2.44. The number of ether oxygens (including phenoxy) is 1. The highest BCUT2D eigenvalue weighted by Gasteiger charge is 2.23. The van der Waals surface area contributed by atoms with E-state index >= 15 is 0 Å². The van der Waals surface area contributed by atoms with Gasteiger partial charge >= 0.3 is 0 Å². The first kappa shape index (κ1) is 17.9. The summed E-state index contributed by atoms with van der Waals surface area (Å²) >= 11 is 1.65. The Hall–Kier alpha value is -2.53. The number of hydrogen-bond donors (Lipinski definition) is 1. The van der Waals surface area contributed by atoms with Gasteiger partial charge in [0.05, 0.1) is 29.2 Å². The molecule has 2 unspecified atom stereocenters. The van der Waals surface area contributed by atoms with E-state index < -0.39 is 0 Å². The van der Waals surface area contributed by atoms with Gasteiger partial charge in [0.1, 0.15) is 10.6 Å². The van der Waals surface area contributed by atoms with Crippen LogP contribution in [-0.2, 0) is 11.3 Å². The Labute approximate surface area is 162 Å². The van der Waals surface area contributed by atoms with Crippen LogP contribution in [0.4, 0.5) is 5.82 Å². The monoisotopic (exact) mass is 379 g/mol. The quantitative estimate of drug-likeness (QED) is 0.750.